The number of hydrogen-bond acceptors (Lipinski definition) is 3. The Labute approximate surface area is 145 Å². The number of amides is 2. The number of methoxy groups -OCH3 is 1. The second-order valence-electron chi connectivity index (χ2n) is 6.03. The quantitative estimate of drug-likeness (QED) is 0.822. The number of nitrogens with zero attached hydrogens (tertiary/aromatic N) is 1. The van der Waals surface area contributed by atoms with Gasteiger partial charge in [-0.2, -0.15) is 0 Å². The maximum absolute atomic E-state index is 12.3. The van der Waals surface area contributed by atoms with E-state index in [0.717, 1.165) is 22.1 Å². The molecule has 1 aromatic rings. The molecule has 2 rings (SSSR count). The van der Waals surface area contributed by atoms with Gasteiger partial charge in [-0.25, -0.2) is 0 Å². The highest BCUT2D eigenvalue weighted by molar-refractivity contribution is 9.10. The summed E-state index contributed by atoms with van der Waals surface area (Å²) < 4.78 is 6.02. The summed E-state index contributed by atoms with van der Waals surface area (Å²) in [6.45, 7) is 4.97. The fourth-order valence-corrected chi connectivity index (χ4v) is 2.90. The van der Waals surface area contributed by atoms with Gasteiger partial charge in [0.1, 0.15) is 0 Å². The molecule has 2 amide bonds. The summed E-state index contributed by atoms with van der Waals surface area (Å²) in [6.07, 6.45) is 1.02. The zero-order valence-electron chi connectivity index (χ0n) is 13.8. The number of halogens is 1. The van der Waals surface area contributed by atoms with Crippen molar-refractivity contribution in [3.05, 3.63) is 28.2 Å². The number of ether oxygens (including phenoxy) is 1. The summed E-state index contributed by atoms with van der Waals surface area (Å²) in [7, 11) is 1.64. The van der Waals surface area contributed by atoms with Gasteiger partial charge < -0.3 is 15.0 Å². The van der Waals surface area contributed by atoms with Gasteiger partial charge in [0.2, 0.25) is 11.8 Å². The lowest BCUT2D eigenvalue weighted by molar-refractivity contribution is -0.126. The molecule has 1 N–H and O–H groups in total. The largest absolute Gasteiger partial charge is 0.385 e. The van der Waals surface area contributed by atoms with Crippen molar-refractivity contribution in [3.8, 4) is 0 Å². The molecule has 2 atom stereocenters. The first-order valence-corrected chi connectivity index (χ1v) is 8.57. The fourth-order valence-electron chi connectivity index (χ4n) is 2.66. The number of carbonyl (C=O) groups excluding carboxylic acids is 2. The van der Waals surface area contributed by atoms with Crippen LogP contribution in [0.1, 0.15) is 25.3 Å². The van der Waals surface area contributed by atoms with Crippen LogP contribution in [-0.2, 0) is 14.3 Å². The molecule has 0 aromatic heterocycles. The van der Waals surface area contributed by atoms with Gasteiger partial charge in [0.05, 0.1) is 5.92 Å². The van der Waals surface area contributed by atoms with E-state index in [-0.39, 0.29) is 30.2 Å². The minimum absolute atomic E-state index is 0.00332. The first kappa shape index (κ1) is 17.9. The number of anilines is 1. The molecule has 1 saturated heterocycles. The molecule has 1 aromatic carbocycles. The number of nitrogens with one attached hydrogen (secondary N) is 1. The average Bonchev–Trinajstić information content (AvgIpc) is 2.90. The third-order valence-corrected chi connectivity index (χ3v) is 4.98. The summed E-state index contributed by atoms with van der Waals surface area (Å²) in [4.78, 5) is 26.3. The Morgan fingerprint density at radius 3 is 2.91 bits per heavy atom. The highest BCUT2D eigenvalue weighted by Gasteiger charge is 2.35. The summed E-state index contributed by atoms with van der Waals surface area (Å²) in [5, 5.41) is 2.96. The van der Waals surface area contributed by atoms with Crippen LogP contribution >= 0.6 is 15.9 Å². The lowest BCUT2D eigenvalue weighted by Gasteiger charge is -2.19. The van der Waals surface area contributed by atoms with Gasteiger partial charge in [-0.15, -0.1) is 0 Å². The molecule has 0 aliphatic carbocycles. The van der Waals surface area contributed by atoms with E-state index in [4.69, 9.17) is 4.74 Å². The van der Waals surface area contributed by atoms with Crippen LogP contribution in [0.3, 0.4) is 0 Å². The topological polar surface area (TPSA) is 58.6 Å². The van der Waals surface area contributed by atoms with Gasteiger partial charge in [0, 0.05) is 42.9 Å². The van der Waals surface area contributed by atoms with Gasteiger partial charge >= 0.3 is 0 Å². The SMILES string of the molecule is COCCC(C)NC(=O)C1CC(=O)N(c2ccc(Br)c(C)c2)C1. The van der Waals surface area contributed by atoms with Crippen LogP contribution in [0.5, 0.6) is 0 Å². The predicted octanol–water partition coefficient (Wildman–Crippen LogP) is 2.65. The zero-order chi connectivity index (χ0) is 17.0. The van der Waals surface area contributed by atoms with E-state index >= 15 is 0 Å². The zero-order valence-corrected chi connectivity index (χ0v) is 15.4. The van der Waals surface area contributed by atoms with Crippen molar-refractivity contribution in [2.45, 2.75) is 32.7 Å². The van der Waals surface area contributed by atoms with E-state index in [1.165, 1.54) is 0 Å². The number of rotatable bonds is 6. The van der Waals surface area contributed by atoms with E-state index in [9.17, 15) is 9.59 Å². The standard InChI is InChI=1S/C17H23BrN2O3/c1-11-8-14(4-5-15(11)18)20-10-13(9-16(20)21)17(22)19-12(2)6-7-23-3/h4-5,8,12-13H,6-7,9-10H2,1-3H3,(H,19,22). The van der Waals surface area contributed by atoms with Crippen molar-refractivity contribution in [1.82, 2.24) is 5.32 Å². The Hall–Kier alpha value is -1.40. The molecule has 1 heterocycles. The molecular formula is C17H23BrN2O3. The molecular weight excluding hydrogens is 360 g/mol. The number of hydrogen-bond donors (Lipinski definition) is 1. The second-order valence-corrected chi connectivity index (χ2v) is 6.88. The van der Waals surface area contributed by atoms with Crippen LogP contribution < -0.4 is 10.2 Å². The molecule has 2 unspecified atom stereocenters. The molecule has 23 heavy (non-hydrogen) atoms. The molecule has 1 fully saturated rings. The minimum atomic E-state index is -0.295. The van der Waals surface area contributed by atoms with Crippen molar-refractivity contribution in [3.63, 3.8) is 0 Å². The van der Waals surface area contributed by atoms with Crippen LogP contribution in [-0.4, -0.2) is 38.1 Å². The average molecular weight is 383 g/mol. The number of aryl methyl sites for hydroxylation is 1. The molecule has 6 heteroatoms. The van der Waals surface area contributed by atoms with Crippen molar-refractivity contribution in [2.75, 3.05) is 25.2 Å². The first-order valence-electron chi connectivity index (χ1n) is 7.78. The third-order valence-electron chi connectivity index (χ3n) is 4.09. The van der Waals surface area contributed by atoms with Gasteiger partial charge in [0.15, 0.2) is 0 Å². The Morgan fingerprint density at radius 2 is 2.26 bits per heavy atom. The molecule has 0 saturated carbocycles. The normalized spacial score (nSPS) is 19.0. The van der Waals surface area contributed by atoms with Gasteiger partial charge in [-0.3, -0.25) is 9.59 Å². The third kappa shape index (κ3) is 4.54. The van der Waals surface area contributed by atoms with Gasteiger partial charge in [-0.1, -0.05) is 15.9 Å². The van der Waals surface area contributed by atoms with E-state index in [1.54, 1.807) is 12.0 Å². The molecule has 5 nitrogen and oxygen atoms in total. The van der Waals surface area contributed by atoms with Gasteiger partial charge in [-0.05, 0) is 44.0 Å². The predicted molar refractivity (Wildman–Crippen MR) is 93.4 cm³/mol. The minimum Gasteiger partial charge on any atom is -0.385 e. The molecule has 0 spiro atoms. The van der Waals surface area contributed by atoms with Crippen molar-refractivity contribution in [2.24, 2.45) is 5.92 Å². The smallest absolute Gasteiger partial charge is 0.227 e. The van der Waals surface area contributed by atoms with Crippen molar-refractivity contribution >= 4 is 33.4 Å². The lowest BCUT2D eigenvalue weighted by atomic mass is 10.1. The second kappa shape index (κ2) is 7.93. The summed E-state index contributed by atoms with van der Waals surface area (Å²) in [6, 6.07) is 5.83. The van der Waals surface area contributed by atoms with Crippen LogP contribution in [0.4, 0.5) is 5.69 Å². The van der Waals surface area contributed by atoms with Crippen LogP contribution in [0.25, 0.3) is 0 Å². The van der Waals surface area contributed by atoms with Crippen molar-refractivity contribution in [1.29, 1.82) is 0 Å². The van der Waals surface area contributed by atoms with E-state index in [1.807, 2.05) is 32.0 Å². The Balaban J connectivity index is 1.98. The molecule has 1 aliphatic heterocycles. The van der Waals surface area contributed by atoms with Crippen molar-refractivity contribution < 1.29 is 14.3 Å². The summed E-state index contributed by atoms with van der Waals surface area (Å²) in [5.41, 5.74) is 1.91. The first-order chi connectivity index (χ1) is 10.9. The summed E-state index contributed by atoms with van der Waals surface area (Å²) >= 11 is 3.46. The monoisotopic (exact) mass is 382 g/mol. The van der Waals surface area contributed by atoms with Crippen LogP contribution in [0, 0.1) is 12.8 Å². The van der Waals surface area contributed by atoms with E-state index in [2.05, 4.69) is 21.2 Å². The summed E-state index contributed by atoms with van der Waals surface area (Å²) in [5.74, 6) is -0.355. The fraction of sp³-hybridized carbons (Fsp3) is 0.529. The van der Waals surface area contributed by atoms with Crippen LogP contribution in [0.2, 0.25) is 0 Å². The maximum Gasteiger partial charge on any atom is 0.227 e. The Morgan fingerprint density at radius 1 is 1.52 bits per heavy atom. The molecule has 0 radical (unpaired) electrons. The highest BCUT2D eigenvalue weighted by atomic mass is 79.9. The molecule has 1 aliphatic rings. The Bertz CT molecular complexity index is 591. The van der Waals surface area contributed by atoms with E-state index in [0.29, 0.717) is 13.2 Å². The lowest BCUT2D eigenvalue weighted by Crippen LogP contribution is -2.38. The highest BCUT2D eigenvalue weighted by Crippen LogP contribution is 2.28. The Kier molecular flexibility index (Phi) is 6.18. The number of carbonyl (C=O) groups is 2. The number of benzene rings is 1. The van der Waals surface area contributed by atoms with Crippen LogP contribution in [0.15, 0.2) is 22.7 Å². The maximum atomic E-state index is 12.3. The molecule has 126 valence electrons. The molecule has 0 bridgehead atoms. The van der Waals surface area contributed by atoms with Gasteiger partial charge in [0.25, 0.3) is 0 Å². The van der Waals surface area contributed by atoms with E-state index < -0.39 is 0 Å².